The van der Waals surface area contributed by atoms with Gasteiger partial charge in [-0.1, -0.05) is 12.1 Å². The lowest BCUT2D eigenvalue weighted by atomic mass is 10.2. The molecule has 2 rings (SSSR count). The Hall–Kier alpha value is -2.53. The summed E-state index contributed by atoms with van der Waals surface area (Å²) in [5.41, 5.74) is 1.93. The molecule has 5 heteroatoms. The molecule has 0 aromatic heterocycles. The van der Waals surface area contributed by atoms with Crippen molar-refractivity contribution < 1.29 is 14.3 Å². The molecule has 0 saturated carbocycles. The van der Waals surface area contributed by atoms with E-state index >= 15 is 0 Å². The van der Waals surface area contributed by atoms with Gasteiger partial charge in [0.05, 0.1) is 13.7 Å². The summed E-state index contributed by atoms with van der Waals surface area (Å²) < 4.78 is 10.5. The Morgan fingerprint density at radius 3 is 2.29 bits per heavy atom. The molecule has 0 heterocycles. The maximum atomic E-state index is 11.9. The number of carbonyl (C=O) groups is 1. The van der Waals surface area contributed by atoms with Crippen molar-refractivity contribution in [1.29, 1.82) is 0 Å². The van der Waals surface area contributed by atoms with Gasteiger partial charge in [0.15, 0.2) is 0 Å². The highest BCUT2D eigenvalue weighted by Crippen LogP contribution is 2.15. The highest BCUT2D eigenvalue weighted by molar-refractivity contribution is 5.90. The number of anilines is 1. The third kappa shape index (κ3) is 5.93. The molecule has 0 spiro atoms. The Bertz CT molecular complexity index is 624. The minimum atomic E-state index is -0.0126. The largest absolute Gasteiger partial charge is 0.497 e. The van der Waals surface area contributed by atoms with E-state index in [2.05, 4.69) is 10.6 Å². The van der Waals surface area contributed by atoms with Crippen LogP contribution in [0.5, 0.6) is 11.5 Å². The quantitative estimate of drug-likeness (QED) is 0.694. The molecule has 0 aliphatic rings. The third-order valence-corrected chi connectivity index (χ3v) is 3.47. The predicted molar refractivity (Wildman–Crippen MR) is 95.6 cm³/mol. The van der Waals surface area contributed by atoms with E-state index in [-0.39, 0.29) is 5.91 Å². The van der Waals surface area contributed by atoms with Gasteiger partial charge >= 0.3 is 0 Å². The topological polar surface area (TPSA) is 59.6 Å². The fourth-order valence-electron chi connectivity index (χ4n) is 2.20. The number of benzene rings is 2. The summed E-state index contributed by atoms with van der Waals surface area (Å²) in [6, 6.07) is 15.2. The predicted octanol–water partition coefficient (Wildman–Crippen LogP) is 3.21. The number of methoxy groups -OCH3 is 1. The SMILES string of the molecule is CCOc1ccc(NC(=O)CCNCc2ccc(OC)cc2)cc1. The summed E-state index contributed by atoms with van der Waals surface area (Å²) in [7, 11) is 1.65. The van der Waals surface area contributed by atoms with E-state index in [4.69, 9.17) is 9.47 Å². The zero-order chi connectivity index (χ0) is 17.2. The summed E-state index contributed by atoms with van der Waals surface area (Å²) in [5, 5.41) is 6.13. The van der Waals surface area contributed by atoms with Crippen LogP contribution in [0, 0.1) is 0 Å². The standard InChI is InChI=1S/C19H24N2O3/c1-3-24-18-10-6-16(7-11-18)21-19(22)12-13-20-14-15-4-8-17(23-2)9-5-15/h4-11,20H,3,12-14H2,1-2H3,(H,21,22). The number of hydrogen-bond donors (Lipinski definition) is 2. The summed E-state index contributed by atoms with van der Waals surface area (Å²) in [6.45, 7) is 3.91. The molecular formula is C19H24N2O3. The fourth-order valence-corrected chi connectivity index (χ4v) is 2.20. The average Bonchev–Trinajstić information content (AvgIpc) is 2.61. The highest BCUT2D eigenvalue weighted by atomic mass is 16.5. The normalized spacial score (nSPS) is 10.2. The number of amides is 1. The van der Waals surface area contributed by atoms with Gasteiger partial charge in [0.25, 0.3) is 0 Å². The summed E-state index contributed by atoms with van der Waals surface area (Å²) >= 11 is 0. The van der Waals surface area contributed by atoms with Gasteiger partial charge in [-0.25, -0.2) is 0 Å². The Morgan fingerprint density at radius 1 is 1.00 bits per heavy atom. The van der Waals surface area contributed by atoms with E-state index in [0.29, 0.717) is 19.6 Å². The molecule has 0 unspecified atom stereocenters. The van der Waals surface area contributed by atoms with Crippen molar-refractivity contribution in [3.8, 4) is 11.5 Å². The molecular weight excluding hydrogens is 304 g/mol. The zero-order valence-electron chi connectivity index (χ0n) is 14.2. The lowest BCUT2D eigenvalue weighted by molar-refractivity contribution is -0.116. The summed E-state index contributed by atoms with van der Waals surface area (Å²) in [4.78, 5) is 11.9. The van der Waals surface area contributed by atoms with Crippen molar-refractivity contribution in [3.05, 3.63) is 54.1 Å². The van der Waals surface area contributed by atoms with Gasteiger partial charge in [0.1, 0.15) is 11.5 Å². The highest BCUT2D eigenvalue weighted by Gasteiger charge is 2.03. The van der Waals surface area contributed by atoms with Crippen LogP contribution in [0.25, 0.3) is 0 Å². The second-order valence-electron chi connectivity index (χ2n) is 5.28. The Morgan fingerprint density at radius 2 is 1.67 bits per heavy atom. The molecule has 0 aliphatic heterocycles. The first-order valence-corrected chi connectivity index (χ1v) is 8.07. The second-order valence-corrected chi connectivity index (χ2v) is 5.28. The first-order valence-electron chi connectivity index (χ1n) is 8.07. The van der Waals surface area contributed by atoms with Crippen LogP contribution in [-0.2, 0) is 11.3 Å². The zero-order valence-corrected chi connectivity index (χ0v) is 14.2. The Kier molecular flexibility index (Phi) is 7.11. The number of ether oxygens (including phenoxy) is 2. The van der Waals surface area contributed by atoms with E-state index in [1.165, 1.54) is 0 Å². The first kappa shape index (κ1) is 17.8. The molecule has 2 N–H and O–H groups in total. The van der Waals surface area contributed by atoms with Gasteiger partial charge in [-0.05, 0) is 48.9 Å². The van der Waals surface area contributed by atoms with E-state index in [1.807, 2.05) is 55.5 Å². The van der Waals surface area contributed by atoms with Crippen LogP contribution in [0.15, 0.2) is 48.5 Å². The van der Waals surface area contributed by atoms with E-state index in [9.17, 15) is 4.79 Å². The van der Waals surface area contributed by atoms with Crippen molar-refractivity contribution >= 4 is 11.6 Å². The van der Waals surface area contributed by atoms with Crippen molar-refractivity contribution in [3.63, 3.8) is 0 Å². The van der Waals surface area contributed by atoms with Crippen LogP contribution < -0.4 is 20.1 Å². The van der Waals surface area contributed by atoms with Crippen molar-refractivity contribution in [2.45, 2.75) is 19.9 Å². The Balaban J connectivity index is 1.67. The van der Waals surface area contributed by atoms with Gasteiger partial charge < -0.3 is 20.1 Å². The molecule has 0 atom stereocenters. The van der Waals surface area contributed by atoms with Gasteiger partial charge in [-0.15, -0.1) is 0 Å². The minimum Gasteiger partial charge on any atom is -0.497 e. The third-order valence-electron chi connectivity index (χ3n) is 3.47. The second kappa shape index (κ2) is 9.57. The van der Waals surface area contributed by atoms with Crippen LogP contribution >= 0.6 is 0 Å². The van der Waals surface area contributed by atoms with Crippen LogP contribution in [-0.4, -0.2) is 26.2 Å². The van der Waals surface area contributed by atoms with Crippen LogP contribution in [0.1, 0.15) is 18.9 Å². The van der Waals surface area contributed by atoms with Crippen molar-refractivity contribution in [2.24, 2.45) is 0 Å². The number of rotatable bonds is 9. The molecule has 2 aromatic carbocycles. The molecule has 24 heavy (non-hydrogen) atoms. The summed E-state index contributed by atoms with van der Waals surface area (Å²) in [6.07, 6.45) is 0.420. The number of nitrogens with one attached hydrogen (secondary N) is 2. The van der Waals surface area contributed by atoms with E-state index in [0.717, 1.165) is 29.3 Å². The molecule has 5 nitrogen and oxygen atoms in total. The molecule has 1 amide bonds. The van der Waals surface area contributed by atoms with E-state index < -0.39 is 0 Å². The van der Waals surface area contributed by atoms with Gasteiger partial charge in [0.2, 0.25) is 5.91 Å². The fraction of sp³-hybridized carbons (Fsp3) is 0.316. The number of hydrogen-bond acceptors (Lipinski definition) is 4. The number of carbonyl (C=O) groups excluding carboxylic acids is 1. The molecule has 0 aliphatic carbocycles. The lowest BCUT2D eigenvalue weighted by Crippen LogP contribution is -2.21. The van der Waals surface area contributed by atoms with Crippen LogP contribution in [0.4, 0.5) is 5.69 Å². The molecule has 0 bridgehead atoms. The molecule has 128 valence electrons. The van der Waals surface area contributed by atoms with Gasteiger partial charge in [-0.2, -0.15) is 0 Å². The minimum absolute atomic E-state index is 0.0126. The van der Waals surface area contributed by atoms with Gasteiger partial charge in [-0.3, -0.25) is 4.79 Å². The first-order chi connectivity index (χ1) is 11.7. The monoisotopic (exact) mass is 328 g/mol. The van der Waals surface area contributed by atoms with Crippen LogP contribution in [0.2, 0.25) is 0 Å². The smallest absolute Gasteiger partial charge is 0.225 e. The van der Waals surface area contributed by atoms with Gasteiger partial charge in [0, 0.05) is 25.2 Å². The Labute approximate surface area is 143 Å². The average molecular weight is 328 g/mol. The molecule has 0 saturated heterocycles. The van der Waals surface area contributed by atoms with Crippen molar-refractivity contribution in [2.75, 3.05) is 25.6 Å². The lowest BCUT2D eigenvalue weighted by Gasteiger charge is -2.08. The van der Waals surface area contributed by atoms with Crippen molar-refractivity contribution in [1.82, 2.24) is 5.32 Å². The summed E-state index contributed by atoms with van der Waals surface area (Å²) in [5.74, 6) is 1.63. The van der Waals surface area contributed by atoms with E-state index in [1.54, 1.807) is 7.11 Å². The molecule has 2 aromatic rings. The molecule has 0 fully saturated rings. The maximum Gasteiger partial charge on any atom is 0.225 e. The maximum absolute atomic E-state index is 11.9. The molecule has 0 radical (unpaired) electrons. The van der Waals surface area contributed by atoms with Crippen LogP contribution in [0.3, 0.4) is 0 Å².